The zero-order chi connectivity index (χ0) is 29.1. The summed E-state index contributed by atoms with van der Waals surface area (Å²) in [4.78, 5) is 33.5. The van der Waals surface area contributed by atoms with Gasteiger partial charge in [0, 0.05) is 31.1 Å². The highest BCUT2D eigenvalue weighted by atomic mass is 16.5. The molecule has 2 amide bonds. The Kier molecular flexibility index (Phi) is 10.3. The first-order chi connectivity index (χ1) is 20.6. The van der Waals surface area contributed by atoms with E-state index in [-0.39, 0.29) is 17.9 Å². The van der Waals surface area contributed by atoms with E-state index in [4.69, 9.17) is 9.72 Å². The monoisotopic (exact) mass is 566 g/mol. The molecule has 0 bridgehead atoms. The van der Waals surface area contributed by atoms with Gasteiger partial charge in [0.25, 0.3) is 5.91 Å². The third-order valence-electron chi connectivity index (χ3n) is 8.27. The molecule has 7 nitrogen and oxygen atoms in total. The van der Waals surface area contributed by atoms with Gasteiger partial charge in [0.05, 0.1) is 18.1 Å². The van der Waals surface area contributed by atoms with Crippen molar-refractivity contribution in [1.29, 1.82) is 0 Å². The Morgan fingerprint density at radius 1 is 0.905 bits per heavy atom. The number of benzene rings is 3. The minimum Gasteiger partial charge on any atom is -0.497 e. The van der Waals surface area contributed by atoms with Crippen LogP contribution in [-0.2, 0) is 24.3 Å². The van der Waals surface area contributed by atoms with Crippen molar-refractivity contribution in [2.24, 2.45) is 0 Å². The smallest absolute Gasteiger partial charge is 0.251 e. The minimum absolute atomic E-state index is 0.0732. The van der Waals surface area contributed by atoms with Crippen molar-refractivity contribution < 1.29 is 14.3 Å². The number of rotatable bonds is 13. The van der Waals surface area contributed by atoms with Gasteiger partial charge in [-0.25, -0.2) is 4.98 Å². The summed E-state index contributed by atoms with van der Waals surface area (Å²) in [6.45, 7) is 1.57. The van der Waals surface area contributed by atoms with Gasteiger partial charge in [0.1, 0.15) is 18.1 Å². The number of nitrogens with zero attached hydrogens (tertiary/aromatic N) is 3. The summed E-state index contributed by atoms with van der Waals surface area (Å²) in [5.74, 6) is 1.78. The molecule has 1 N–H and O–H groups in total. The van der Waals surface area contributed by atoms with Crippen LogP contribution in [0.2, 0.25) is 0 Å². The quantitative estimate of drug-likeness (QED) is 0.186. The van der Waals surface area contributed by atoms with Crippen molar-refractivity contribution in [3.8, 4) is 5.75 Å². The van der Waals surface area contributed by atoms with Gasteiger partial charge in [0.15, 0.2) is 0 Å². The zero-order valence-electron chi connectivity index (χ0n) is 24.6. The largest absolute Gasteiger partial charge is 0.497 e. The van der Waals surface area contributed by atoms with Crippen LogP contribution >= 0.6 is 0 Å². The molecule has 1 heterocycles. The predicted octanol–water partition coefficient (Wildman–Crippen LogP) is 6.55. The molecule has 1 aliphatic rings. The Hall–Kier alpha value is -4.13. The van der Waals surface area contributed by atoms with Crippen LogP contribution < -0.4 is 10.1 Å². The standard InChI is InChI=1S/C35H42N4O3/c1-42-30-22-20-28(21-23-30)35(41)36-24-12-4-9-19-33-37-31-17-10-11-18-32(31)39(33)26-34(40)38(29-15-7-3-8-16-29)25-27-13-5-2-6-14-27/h2,5-6,10-11,13-14,17-18,20-23,29H,3-4,7-9,12,15-16,19,24-26H2,1H3,(H,36,41). The Bertz CT molecular complexity index is 1440. The number of ether oxygens (including phenoxy) is 1. The zero-order valence-corrected chi connectivity index (χ0v) is 24.6. The van der Waals surface area contributed by atoms with Crippen molar-refractivity contribution in [2.75, 3.05) is 13.7 Å². The second kappa shape index (κ2) is 14.7. The molecular formula is C35H42N4O3. The Balaban J connectivity index is 1.20. The van der Waals surface area contributed by atoms with E-state index in [1.54, 1.807) is 31.4 Å². The molecule has 1 aromatic heterocycles. The van der Waals surface area contributed by atoms with E-state index in [1.807, 2.05) is 36.4 Å². The number of carbonyl (C=O) groups excluding carboxylic acids is 2. The minimum atomic E-state index is -0.0732. The maximum absolute atomic E-state index is 14.0. The fourth-order valence-electron chi connectivity index (χ4n) is 5.94. The summed E-state index contributed by atoms with van der Waals surface area (Å²) < 4.78 is 7.29. The topological polar surface area (TPSA) is 76.5 Å². The van der Waals surface area contributed by atoms with E-state index < -0.39 is 0 Å². The molecule has 42 heavy (non-hydrogen) atoms. The van der Waals surface area contributed by atoms with Gasteiger partial charge in [-0.3, -0.25) is 9.59 Å². The lowest BCUT2D eigenvalue weighted by atomic mass is 9.93. The molecule has 7 heteroatoms. The Morgan fingerprint density at radius 3 is 2.40 bits per heavy atom. The van der Waals surface area contributed by atoms with Crippen LogP contribution in [-0.4, -0.2) is 46.0 Å². The van der Waals surface area contributed by atoms with Gasteiger partial charge in [-0.15, -0.1) is 0 Å². The highest BCUT2D eigenvalue weighted by molar-refractivity contribution is 5.94. The average molecular weight is 567 g/mol. The van der Waals surface area contributed by atoms with Crippen LogP contribution in [0.1, 0.15) is 73.1 Å². The number of hydrogen-bond acceptors (Lipinski definition) is 4. The first kappa shape index (κ1) is 29.4. The van der Waals surface area contributed by atoms with Crippen LogP contribution in [0.15, 0.2) is 78.9 Å². The second-order valence-corrected chi connectivity index (χ2v) is 11.2. The van der Waals surface area contributed by atoms with Gasteiger partial charge >= 0.3 is 0 Å². The number of fused-ring (bicyclic) bond motifs is 1. The number of amides is 2. The third-order valence-corrected chi connectivity index (χ3v) is 8.27. The molecule has 0 radical (unpaired) electrons. The van der Waals surface area contributed by atoms with Crippen molar-refractivity contribution in [3.05, 3.63) is 95.8 Å². The summed E-state index contributed by atoms with van der Waals surface area (Å²) in [6, 6.07) is 25.9. The van der Waals surface area contributed by atoms with Crippen molar-refractivity contribution in [1.82, 2.24) is 19.8 Å². The number of methoxy groups -OCH3 is 1. The summed E-state index contributed by atoms with van der Waals surface area (Å²) in [7, 11) is 1.61. The summed E-state index contributed by atoms with van der Waals surface area (Å²) >= 11 is 0. The third kappa shape index (κ3) is 7.58. The maximum Gasteiger partial charge on any atom is 0.251 e. The molecule has 5 rings (SSSR count). The van der Waals surface area contributed by atoms with Gasteiger partial charge in [-0.1, -0.05) is 68.1 Å². The molecular weight excluding hydrogens is 524 g/mol. The van der Waals surface area contributed by atoms with E-state index in [2.05, 4.69) is 33.0 Å². The first-order valence-electron chi connectivity index (χ1n) is 15.3. The first-order valence-corrected chi connectivity index (χ1v) is 15.3. The van der Waals surface area contributed by atoms with Crippen LogP contribution in [0.4, 0.5) is 0 Å². The van der Waals surface area contributed by atoms with Crippen molar-refractivity contribution in [3.63, 3.8) is 0 Å². The van der Waals surface area contributed by atoms with Crippen LogP contribution in [0, 0.1) is 0 Å². The molecule has 4 aromatic rings. The average Bonchev–Trinajstić information content (AvgIpc) is 3.39. The SMILES string of the molecule is COc1ccc(C(=O)NCCCCCc2nc3ccccc3n2CC(=O)N(Cc2ccccc2)C2CCCCC2)cc1. The molecule has 220 valence electrons. The number of para-hydroxylation sites is 2. The van der Waals surface area contributed by atoms with Crippen LogP contribution in [0.3, 0.4) is 0 Å². The van der Waals surface area contributed by atoms with E-state index in [9.17, 15) is 9.59 Å². The normalized spacial score (nSPS) is 13.6. The van der Waals surface area contributed by atoms with Gasteiger partial charge in [-0.05, 0) is 67.6 Å². The van der Waals surface area contributed by atoms with E-state index in [0.29, 0.717) is 25.2 Å². The highest BCUT2D eigenvalue weighted by Crippen LogP contribution is 2.26. The lowest BCUT2D eigenvalue weighted by Gasteiger charge is -2.35. The molecule has 1 aliphatic carbocycles. The number of imidazole rings is 1. The van der Waals surface area contributed by atoms with E-state index >= 15 is 0 Å². The fraction of sp³-hybridized carbons (Fsp3) is 0.400. The van der Waals surface area contributed by atoms with Gasteiger partial charge in [-0.2, -0.15) is 0 Å². The van der Waals surface area contributed by atoms with E-state index in [0.717, 1.165) is 61.1 Å². The molecule has 3 aromatic carbocycles. The lowest BCUT2D eigenvalue weighted by Crippen LogP contribution is -2.42. The molecule has 0 spiro atoms. The summed E-state index contributed by atoms with van der Waals surface area (Å²) in [5.41, 5.74) is 3.74. The maximum atomic E-state index is 14.0. The van der Waals surface area contributed by atoms with Crippen LogP contribution in [0.5, 0.6) is 5.75 Å². The number of carbonyl (C=O) groups is 2. The van der Waals surface area contributed by atoms with Gasteiger partial charge < -0.3 is 19.5 Å². The van der Waals surface area contributed by atoms with Crippen molar-refractivity contribution >= 4 is 22.8 Å². The highest BCUT2D eigenvalue weighted by Gasteiger charge is 2.27. The number of nitrogens with one attached hydrogen (secondary N) is 1. The van der Waals surface area contributed by atoms with Crippen molar-refractivity contribution in [2.45, 2.75) is 76.9 Å². The second-order valence-electron chi connectivity index (χ2n) is 11.2. The predicted molar refractivity (Wildman–Crippen MR) is 166 cm³/mol. The fourth-order valence-corrected chi connectivity index (χ4v) is 5.94. The molecule has 1 saturated carbocycles. The molecule has 0 aliphatic heterocycles. The summed E-state index contributed by atoms with van der Waals surface area (Å²) in [6.07, 6.45) is 9.34. The number of aromatic nitrogens is 2. The van der Waals surface area contributed by atoms with Crippen LogP contribution in [0.25, 0.3) is 11.0 Å². The number of unbranched alkanes of at least 4 members (excludes halogenated alkanes) is 2. The lowest BCUT2D eigenvalue weighted by molar-refractivity contribution is -0.135. The number of aryl methyl sites for hydroxylation is 1. The Labute approximate surface area is 248 Å². The number of hydrogen-bond donors (Lipinski definition) is 1. The molecule has 1 fully saturated rings. The molecule has 0 unspecified atom stereocenters. The summed E-state index contributed by atoms with van der Waals surface area (Å²) in [5, 5.41) is 3.01. The molecule has 0 saturated heterocycles. The molecule has 0 atom stereocenters. The Morgan fingerprint density at radius 2 is 1.64 bits per heavy atom. The van der Waals surface area contributed by atoms with Gasteiger partial charge in [0.2, 0.25) is 5.91 Å². The van der Waals surface area contributed by atoms with E-state index in [1.165, 1.54) is 24.8 Å².